The van der Waals surface area contributed by atoms with E-state index in [4.69, 9.17) is 0 Å². The summed E-state index contributed by atoms with van der Waals surface area (Å²) in [6.07, 6.45) is 5.45. The lowest BCUT2D eigenvalue weighted by molar-refractivity contribution is 0.470. The molecule has 3 aromatic rings. The van der Waals surface area contributed by atoms with Crippen molar-refractivity contribution >= 4 is 10.0 Å². The van der Waals surface area contributed by atoms with Gasteiger partial charge >= 0.3 is 0 Å². The van der Waals surface area contributed by atoms with Crippen molar-refractivity contribution in [3.8, 4) is 11.3 Å². The summed E-state index contributed by atoms with van der Waals surface area (Å²) in [6, 6.07) is 5.08. The van der Waals surface area contributed by atoms with E-state index in [0.29, 0.717) is 30.2 Å². The van der Waals surface area contributed by atoms with E-state index in [2.05, 4.69) is 20.1 Å². The fourth-order valence-corrected chi connectivity index (χ4v) is 5.29. The van der Waals surface area contributed by atoms with E-state index >= 15 is 0 Å². The van der Waals surface area contributed by atoms with E-state index < -0.39 is 10.0 Å². The Hall–Kier alpha value is -2.85. The SMILES string of the molecule is Cc1nn(C(C)C)cc1S(=O)(=O)N1CC[C@H](c2nc(-c3ccncc3)cc(=O)[nH]2)C1. The van der Waals surface area contributed by atoms with Crippen molar-refractivity contribution in [2.24, 2.45) is 0 Å². The highest BCUT2D eigenvalue weighted by atomic mass is 32.2. The standard InChI is InChI=1S/C20H24N6O3S/c1-13(2)26-12-18(14(3)24-26)30(28,29)25-9-6-16(11-25)20-22-17(10-19(27)23-20)15-4-7-21-8-5-15/h4-5,7-8,10,12-13,16H,6,9,11H2,1-3H3,(H,22,23,27)/t16-/m0/s1. The maximum absolute atomic E-state index is 13.2. The Bertz CT molecular complexity index is 1220. The summed E-state index contributed by atoms with van der Waals surface area (Å²) in [7, 11) is -3.67. The molecule has 4 rings (SSSR count). The van der Waals surface area contributed by atoms with Gasteiger partial charge in [-0.05, 0) is 39.3 Å². The number of H-pyrrole nitrogens is 1. The summed E-state index contributed by atoms with van der Waals surface area (Å²) in [5.41, 5.74) is 1.56. The first-order chi connectivity index (χ1) is 14.3. The van der Waals surface area contributed by atoms with Crippen LogP contribution in [0.3, 0.4) is 0 Å². The molecule has 0 aromatic carbocycles. The largest absolute Gasteiger partial charge is 0.310 e. The molecule has 158 valence electrons. The summed E-state index contributed by atoms with van der Waals surface area (Å²) in [5, 5.41) is 4.33. The van der Waals surface area contributed by atoms with Crippen LogP contribution in [0, 0.1) is 6.92 Å². The van der Waals surface area contributed by atoms with Crippen LogP contribution in [0.5, 0.6) is 0 Å². The van der Waals surface area contributed by atoms with Gasteiger partial charge in [0.2, 0.25) is 10.0 Å². The molecule has 0 amide bonds. The number of nitrogens with zero attached hydrogens (tertiary/aromatic N) is 5. The average molecular weight is 429 g/mol. The lowest BCUT2D eigenvalue weighted by Crippen LogP contribution is -2.29. The van der Waals surface area contributed by atoms with E-state index in [0.717, 1.165) is 5.56 Å². The van der Waals surface area contributed by atoms with Crippen molar-refractivity contribution in [2.45, 2.75) is 44.0 Å². The number of sulfonamides is 1. The zero-order valence-electron chi connectivity index (χ0n) is 17.1. The summed E-state index contributed by atoms with van der Waals surface area (Å²) < 4.78 is 29.5. The second-order valence-corrected chi connectivity index (χ2v) is 9.66. The van der Waals surface area contributed by atoms with Gasteiger partial charge in [-0.15, -0.1) is 0 Å². The second kappa shape index (κ2) is 7.77. The van der Waals surface area contributed by atoms with Crippen molar-refractivity contribution in [1.29, 1.82) is 0 Å². The number of rotatable bonds is 5. The Morgan fingerprint density at radius 1 is 1.23 bits per heavy atom. The molecule has 1 fully saturated rings. The third-order valence-corrected chi connectivity index (χ3v) is 7.26. The second-order valence-electron chi connectivity index (χ2n) is 7.75. The Balaban J connectivity index is 1.61. The molecule has 1 aliphatic rings. The minimum atomic E-state index is -3.67. The van der Waals surface area contributed by atoms with Gasteiger partial charge in [-0.1, -0.05) is 0 Å². The molecule has 0 spiro atoms. The number of hydrogen-bond acceptors (Lipinski definition) is 6. The first-order valence-electron chi connectivity index (χ1n) is 9.83. The quantitative estimate of drug-likeness (QED) is 0.666. The lowest BCUT2D eigenvalue weighted by Gasteiger charge is -2.16. The molecule has 4 heterocycles. The van der Waals surface area contributed by atoms with Gasteiger partial charge in [0.25, 0.3) is 5.56 Å². The van der Waals surface area contributed by atoms with Crippen LogP contribution in [0.15, 0.2) is 46.5 Å². The van der Waals surface area contributed by atoms with Crippen LogP contribution in [0.25, 0.3) is 11.3 Å². The molecule has 1 saturated heterocycles. The fourth-order valence-electron chi connectivity index (χ4n) is 3.63. The molecule has 0 bridgehead atoms. The Morgan fingerprint density at radius 3 is 2.63 bits per heavy atom. The minimum absolute atomic E-state index is 0.0733. The lowest BCUT2D eigenvalue weighted by atomic mass is 10.1. The first kappa shape index (κ1) is 20.4. The molecule has 0 unspecified atom stereocenters. The van der Waals surface area contributed by atoms with Crippen LogP contribution in [-0.4, -0.2) is 50.5 Å². The highest BCUT2D eigenvalue weighted by Gasteiger charge is 2.36. The number of aromatic nitrogens is 5. The number of hydrogen-bond donors (Lipinski definition) is 1. The Kier molecular flexibility index (Phi) is 5.29. The van der Waals surface area contributed by atoms with E-state index in [9.17, 15) is 13.2 Å². The predicted molar refractivity (Wildman–Crippen MR) is 112 cm³/mol. The van der Waals surface area contributed by atoms with Crippen LogP contribution < -0.4 is 5.56 Å². The van der Waals surface area contributed by atoms with Gasteiger partial charge in [0, 0.05) is 55.3 Å². The summed E-state index contributed by atoms with van der Waals surface area (Å²) in [4.78, 5) is 23.8. The number of aryl methyl sites for hydroxylation is 1. The Morgan fingerprint density at radius 2 is 1.97 bits per heavy atom. The molecule has 0 aliphatic carbocycles. The maximum Gasteiger partial charge on any atom is 0.251 e. The van der Waals surface area contributed by atoms with Gasteiger partial charge in [-0.3, -0.25) is 14.5 Å². The summed E-state index contributed by atoms with van der Waals surface area (Å²) >= 11 is 0. The van der Waals surface area contributed by atoms with Crippen molar-refractivity contribution < 1.29 is 8.42 Å². The molecule has 1 N–H and O–H groups in total. The first-order valence-corrected chi connectivity index (χ1v) is 11.3. The van der Waals surface area contributed by atoms with Crippen LogP contribution in [0.1, 0.15) is 43.7 Å². The number of aromatic amines is 1. The van der Waals surface area contributed by atoms with Crippen LogP contribution >= 0.6 is 0 Å². The molecule has 0 saturated carbocycles. The zero-order valence-corrected chi connectivity index (χ0v) is 17.9. The van der Waals surface area contributed by atoms with Gasteiger partial charge in [0.1, 0.15) is 10.7 Å². The zero-order chi connectivity index (χ0) is 21.5. The molecule has 0 radical (unpaired) electrons. The number of nitrogens with one attached hydrogen (secondary N) is 1. The van der Waals surface area contributed by atoms with Gasteiger partial charge in [0.15, 0.2) is 0 Å². The summed E-state index contributed by atoms with van der Waals surface area (Å²) in [5.74, 6) is 0.316. The van der Waals surface area contributed by atoms with E-state index in [1.165, 1.54) is 10.4 Å². The molecule has 3 aromatic heterocycles. The minimum Gasteiger partial charge on any atom is -0.310 e. The van der Waals surface area contributed by atoms with Crippen molar-refractivity contribution in [1.82, 2.24) is 29.0 Å². The smallest absolute Gasteiger partial charge is 0.251 e. The van der Waals surface area contributed by atoms with Crippen LogP contribution in [0.4, 0.5) is 0 Å². The molecule has 10 heteroatoms. The topological polar surface area (TPSA) is 114 Å². The van der Waals surface area contributed by atoms with Crippen molar-refractivity contribution in [3.05, 3.63) is 58.7 Å². The van der Waals surface area contributed by atoms with Gasteiger partial charge in [-0.2, -0.15) is 9.40 Å². The molecular formula is C20H24N6O3S. The van der Waals surface area contributed by atoms with Crippen molar-refractivity contribution in [2.75, 3.05) is 13.1 Å². The monoisotopic (exact) mass is 428 g/mol. The molecule has 30 heavy (non-hydrogen) atoms. The fraction of sp³-hybridized carbons (Fsp3) is 0.400. The predicted octanol–water partition coefficient (Wildman–Crippen LogP) is 2.10. The highest BCUT2D eigenvalue weighted by molar-refractivity contribution is 7.89. The third kappa shape index (κ3) is 3.80. The van der Waals surface area contributed by atoms with Gasteiger partial charge in [-0.25, -0.2) is 13.4 Å². The molecule has 9 nitrogen and oxygen atoms in total. The van der Waals surface area contributed by atoms with Gasteiger partial charge in [0.05, 0.1) is 11.4 Å². The maximum atomic E-state index is 13.2. The number of pyridine rings is 1. The molecule has 1 atom stereocenters. The van der Waals surface area contributed by atoms with E-state index in [1.54, 1.807) is 42.3 Å². The van der Waals surface area contributed by atoms with Gasteiger partial charge < -0.3 is 4.98 Å². The molecular weight excluding hydrogens is 404 g/mol. The highest BCUT2D eigenvalue weighted by Crippen LogP contribution is 2.31. The van der Waals surface area contributed by atoms with Crippen LogP contribution in [-0.2, 0) is 10.0 Å². The summed E-state index contributed by atoms with van der Waals surface area (Å²) in [6.45, 7) is 6.23. The average Bonchev–Trinajstić information content (AvgIpc) is 3.36. The third-order valence-electron chi connectivity index (χ3n) is 5.29. The Labute approximate surface area is 174 Å². The van der Waals surface area contributed by atoms with Crippen molar-refractivity contribution in [3.63, 3.8) is 0 Å². The van der Waals surface area contributed by atoms with E-state index in [1.807, 2.05) is 13.8 Å². The van der Waals surface area contributed by atoms with E-state index in [-0.39, 0.29) is 29.0 Å². The van der Waals surface area contributed by atoms with Crippen LogP contribution in [0.2, 0.25) is 0 Å². The normalized spacial score (nSPS) is 17.7. The molecule has 1 aliphatic heterocycles.